The van der Waals surface area contributed by atoms with E-state index in [0.717, 1.165) is 12.8 Å². The average molecular weight is 214 g/mol. The van der Waals surface area contributed by atoms with E-state index in [2.05, 4.69) is 39.6 Å². The maximum Gasteiger partial charge on any atom is 0.241 e. The summed E-state index contributed by atoms with van der Waals surface area (Å²) in [6.07, 6.45) is 8.28. The van der Waals surface area contributed by atoms with Gasteiger partial charge in [0.2, 0.25) is 8.32 Å². The molecule has 0 unspecified atom stereocenters. The van der Waals surface area contributed by atoms with E-state index in [1.54, 1.807) is 0 Å². The SMILES string of the molecule is CCCC=C(CCCC)O[Si](C)(C)C. The Morgan fingerprint density at radius 3 is 2.21 bits per heavy atom. The molecule has 0 aromatic rings. The van der Waals surface area contributed by atoms with E-state index in [4.69, 9.17) is 4.43 Å². The van der Waals surface area contributed by atoms with E-state index in [9.17, 15) is 0 Å². The van der Waals surface area contributed by atoms with Crippen molar-refractivity contribution in [2.75, 3.05) is 0 Å². The Morgan fingerprint density at radius 2 is 1.79 bits per heavy atom. The zero-order valence-electron chi connectivity index (χ0n) is 10.5. The van der Waals surface area contributed by atoms with E-state index >= 15 is 0 Å². The van der Waals surface area contributed by atoms with Crippen molar-refractivity contribution in [1.82, 2.24) is 0 Å². The molecule has 0 rings (SSSR count). The lowest BCUT2D eigenvalue weighted by molar-refractivity contribution is 0.391. The minimum atomic E-state index is -1.39. The molecule has 0 aromatic carbocycles. The standard InChI is InChI=1S/C12H26OSi/c1-6-8-10-12(11-9-7-2)13-14(3,4)5/h10H,6-9,11H2,1-5H3. The quantitative estimate of drug-likeness (QED) is 0.440. The van der Waals surface area contributed by atoms with Crippen molar-refractivity contribution in [1.29, 1.82) is 0 Å². The first-order chi connectivity index (χ1) is 6.49. The lowest BCUT2D eigenvalue weighted by Gasteiger charge is -2.22. The molecule has 0 heterocycles. The van der Waals surface area contributed by atoms with Crippen molar-refractivity contribution >= 4 is 8.32 Å². The zero-order valence-corrected chi connectivity index (χ0v) is 11.5. The largest absolute Gasteiger partial charge is 0.548 e. The van der Waals surface area contributed by atoms with E-state index in [0.29, 0.717) is 0 Å². The minimum Gasteiger partial charge on any atom is -0.548 e. The van der Waals surface area contributed by atoms with Gasteiger partial charge in [-0.1, -0.05) is 26.7 Å². The van der Waals surface area contributed by atoms with Crippen LogP contribution >= 0.6 is 0 Å². The summed E-state index contributed by atoms with van der Waals surface area (Å²) in [4.78, 5) is 0. The summed E-state index contributed by atoms with van der Waals surface area (Å²) in [5, 5.41) is 0. The van der Waals surface area contributed by atoms with Gasteiger partial charge in [-0.2, -0.15) is 0 Å². The molecule has 1 nitrogen and oxygen atoms in total. The normalized spacial score (nSPS) is 13.1. The molecular weight excluding hydrogens is 188 g/mol. The van der Waals surface area contributed by atoms with Gasteiger partial charge in [-0.05, 0) is 38.6 Å². The highest BCUT2D eigenvalue weighted by Gasteiger charge is 2.16. The first-order valence-corrected chi connectivity index (χ1v) is 9.28. The maximum absolute atomic E-state index is 6.04. The molecule has 2 heteroatoms. The summed E-state index contributed by atoms with van der Waals surface area (Å²) >= 11 is 0. The van der Waals surface area contributed by atoms with Crippen molar-refractivity contribution in [3.05, 3.63) is 11.8 Å². The Morgan fingerprint density at radius 1 is 1.14 bits per heavy atom. The van der Waals surface area contributed by atoms with Gasteiger partial charge >= 0.3 is 0 Å². The summed E-state index contributed by atoms with van der Waals surface area (Å²) in [7, 11) is -1.39. The molecule has 0 saturated carbocycles. The first kappa shape index (κ1) is 13.8. The van der Waals surface area contributed by atoms with Crippen LogP contribution in [0, 0.1) is 0 Å². The fraction of sp³-hybridized carbons (Fsp3) is 0.833. The van der Waals surface area contributed by atoms with Crippen LogP contribution in [0.25, 0.3) is 0 Å². The van der Waals surface area contributed by atoms with Gasteiger partial charge < -0.3 is 4.43 Å². The lowest BCUT2D eigenvalue weighted by Crippen LogP contribution is -2.24. The predicted octanol–water partition coefficient (Wildman–Crippen LogP) is 4.71. The molecule has 0 amide bonds. The third-order valence-electron chi connectivity index (χ3n) is 1.87. The molecule has 14 heavy (non-hydrogen) atoms. The van der Waals surface area contributed by atoms with E-state index in [1.165, 1.54) is 25.0 Å². The highest BCUT2D eigenvalue weighted by molar-refractivity contribution is 6.70. The highest BCUT2D eigenvalue weighted by Crippen LogP contribution is 2.17. The van der Waals surface area contributed by atoms with Crippen molar-refractivity contribution in [2.24, 2.45) is 0 Å². The smallest absolute Gasteiger partial charge is 0.241 e. The van der Waals surface area contributed by atoms with Crippen molar-refractivity contribution in [3.8, 4) is 0 Å². The Kier molecular flexibility index (Phi) is 6.98. The Bertz CT molecular complexity index is 168. The zero-order chi connectivity index (χ0) is 11.0. The van der Waals surface area contributed by atoms with Crippen LogP contribution in [0.1, 0.15) is 46.0 Å². The number of allylic oxidation sites excluding steroid dienone is 2. The molecule has 0 fully saturated rings. The van der Waals surface area contributed by atoms with Gasteiger partial charge in [-0.25, -0.2) is 0 Å². The number of unbranched alkanes of at least 4 members (excludes halogenated alkanes) is 2. The van der Waals surface area contributed by atoms with Crippen LogP contribution in [-0.4, -0.2) is 8.32 Å². The van der Waals surface area contributed by atoms with Crippen LogP contribution < -0.4 is 0 Å². The molecule has 0 atom stereocenters. The Labute approximate surface area is 90.7 Å². The monoisotopic (exact) mass is 214 g/mol. The second-order valence-corrected chi connectivity index (χ2v) is 9.21. The number of hydrogen-bond donors (Lipinski definition) is 0. The van der Waals surface area contributed by atoms with Crippen LogP contribution in [0.4, 0.5) is 0 Å². The van der Waals surface area contributed by atoms with Crippen molar-refractivity contribution < 1.29 is 4.43 Å². The van der Waals surface area contributed by atoms with Gasteiger partial charge in [0.1, 0.15) is 0 Å². The van der Waals surface area contributed by atoms with Crippen LogP contribution in [-0.2, 0) is 4.43 Å². The summed E-state index contributed by atoms with van der Waals surface area (Å²) in [6.45, 7) is 11.2. The summed E-state index contributed by atoms with van der Waals surface area (Å²) < 4.78 is 6.04. The molecule has 0 aliphatic carbocycles. The third-order valence-corrected chi connectivity index (χ3v) is 2.75. The molecule has 84 valence electrons. The third kappa shape index (κ3) is 8.36. The summed E-state index contributed by atoms with van der Waals surface area (Å²) in [5.41, 5.74) is 0. The molecular formula is C12H26OSi. The number of rotatable bonds is 7. The average Bonchev–Trinajstić information content (AvgIpc) is 2.07. The lowest BCUT2D eigenvalue weighted by atomic mass is 10.2. The molecule has 0 radical (unpaired) electrons. The van der Waals surface area contributed by atoms with Gasteiger partial charge in [-0.15, -0.1) is 0 Å². The molecule has 0 bridgehead atoms. The van der Waals surface area contributed by atoms with Gasteiger partial charge in [0.25, 0.3) is 0 Å². The van der Waals surface area contributed by atoms with E-state index in [1.807, 2.05) is 0 Å². The minimum absolute atomic E-state index is 1.13. The molecule has 0 aliphatic heterocycles. The molecule has 0 saturated heterocycles. The summed E-state index contributed by atoms with van der Waals surface area (Å²) in [6, 6.07) is 0. The van der Waals surface area contributed by atoms with Gasteiger partial charge in [0, 0.05) is 6.42 Å². The molecule has 0 spiro atoms. The van der Waals surface area contributed by atoms with Crippen LogP contribution in [0.2, 0.25) is 19.6 Å². The second-order valence-electron chi connectivity index (χ2n) is 4.78. The number of hydrogen-bond acceptors (Lipinski definition) is 1. The second kappa shape index (κ2) is 7.10. The van der Waals surface area contributed by atoms with Gasteiger partial charge in [-0.3, -0.25) is 0 Å². The highest BCUT2D eigenvalue weighted by atomic mass is 28.4. The topological polar surface area (TPSA) is 9.23 Å². The van der Waals surface area contributed by atoms with Crippen LogP contribution in [0.5, 0.6) is 0 Å². The van der Waals surface area contributed by atoms with Crippen LogP contribution in [0.3, 0.4) is 0 Å². The summed E-state index contributed by atoms with van der Waals surface area (Å²) in [5.74, 6) is 1.24. The van der Waals surface area contributed by atoms with Gasteiger partial charge in [0.05, 0.1) is 5.76 Å². The van der Waals surface area contributed by atoms with E-state index in [-0.39, 0.29) is 0 Å². The van der Waals surface area contributed by atoms with E-state index < -0.39 is 8.32 Å². The molecule has 0 aromatic heterocycles. The first-order valence-electron chi connectivity index (χ1n) is 5.87. The fourth-order valence-corrected chi connectivity index (χ4v) is 2.22. The van der Waals surface area contributed by atoms with Crippen molar-refractivity contribution in [3.63, 3.8) is 0 Å². The maximum atomic E-state index is 6.04. The molecule has 0 N–H and O–H groups in total. The van der Waals surface area contributed by atoms with Gasteiger partial charge in [0.15, 0.2) is 0 Å². The Hall–Kier alpha value is -0.243. The predicted molar refractivity (Wildman–Crippen MR) is 66.9 cm³/mol. The van der Waals surface area contributed by atoms with Crippen molar-refractivity contribution in [2.45, 2.75) is 65.6 Å². The fourth-order valence-electron chi connectivity index (χ4n) is 1.24. The Balaban J connectivity index is 4.10. The molecule has 0 aliphatic rings. The van der Waals surface area contributed by atoms with Crippen LogP contribution in [0.15, 0.2) is 11.8 Å².